The first-order valence-electron chi connectivity index (χ1n) is 36.0. The Kier molecular flexibility index (Phi) is 19.1. The topological polar surface area (TPSA) is 26.3 Å². The molecule has 0 bridgehead atoms. The van der Waals surface area contributed by atoms with Crippen LogP contribution in [0.25, 0.3) is 108 Å². The van der Waals surface area contributed by atoms with Crippen LogP contribution in [0.3, 0.4) is 0 Å². The molecule has 0 N–H and O–H groups in total. The van der Waals surface area contributed by atoms with Crippen LogP contribution in [0.5, 0.6) is 0 Å². The van der Waals surface area contributed by atoms with E-state index in [1.165, 1.54) is 23.4 Å². The van der Waals surface area contributed by atoms with Crippen molar-refractivity contribution in [3.8, 4) is 354 Å². The van der Waals surface area contributed by atoms with Crippen molar-refractivity contribution in [2.75, 3.05) is 7.11 Å². The zero-order chi connectivity index (χ0) is 79.6. The molecule has 2 nitrogen and oxygen atoms in total. The minimum absolute atomic E-state index is 0.0979. The van der Waals surface area contributed by atoms with Crippen molar-refractivity contribution in [2.45, 2.75) is 63.2 Å². The Morgan fingerprint density at radius 3 is 0.966 bits per heavy atom. The predicted molar refractivity (Wildman–Crippen MR) is 472 cm³/mol. The number of allylic oxidation sites excluding steroid dienone is 4. The van der Waals surface area contributed by atoms with Crippen LogP contribution in [0.4, 0.5) is 0 Å². The Morgan fingerprint density at radius 1 is 0.350 bits per heavy atom. The fourth-order valence-corrected chi connectivity index (χ4v) is 18.9. The molecule has 11 aromatic carbocycles. The zero-order valence-electron chi connectivity index (χ0n) is 61.9. The van der Waals surface area contributed by atoms with E-state index in [9.17, 15) is 4.79 Å². The van der Waals surface area contributed by atoms with Crippen LogP contribution in [0, 0.1) is 360 Å². The molecule has 4 heteroatoms. The van der Waals surface area contributed by atoms with E-state index in [4.69, 9.17) is 12.6 Å². The molecule has 1 unspecified atom stereocenters. The maximum absolute atomic E-state index is 12.8. The van der Waals surface area contributed by atoms with Gasteiger partial charge in [0, 0.05) is 58.2 Å². The first-order valence-corrected chi connectivity index (χ1v) is 37.3. The summed E-state index contributed by atoms with van der Waals surface area (Å²) in [7, 11) is 5.01. The van der Waals surface area contributed by atoms with Gasteiger partial charge in [-0.3, -0.25) is 4.79 Å². The van der Waals surface area contributed by atoms with Gasteiger partial charge in [0.25, 0.3) is 0 Å². The van der Waals surface area contributed by atoms with Crippen LogP contribution in [0.15, 0.2) is 66.7 Å². The first kappa shape index (κ1) is 71.5. The van der Waals surface area contributed by atoms with E-state index >= 15 is 0 Å². The number of hydrogen-bond acceptors (Lipinski definition) is 2. The first-order chi connectivity index (χ1) is 58.0. The van der Waals surface area contributed by atoms with E-state index in [1.807, 2.05) is 0 Å². The summed E-state index contributed by atoms with van der Waals surface area (Å²) in [5.41, 5.74) is 25.2. The van der Waals surface area contributed by atoms with Gasteiger partial charge >= 0.3 is 5.97 Å². The summed E-state index contributed by atoms with van der Waals surface area (Å²) in [4.78, 5) is 12.8. The predicted octanol–water partition coefficient (Wildman–Crippen LogP) is 13.0. The number of carbonyl (C=O) groups excluding carboxylic acids is 1. The van der Waals surface area contributed by atoms with E-state index in [0.29, 0.717) is 6.42 Å². The lowest BCUT2D eigenvalue weighted by molar-refractivity contribution is -0.140. The molecule has 1 spiro atoms. The molecule has 7 aliphatic carbocycles. The number of methoxy groups -OCH3 is 1. The number of benzene rings is 9. The van der Waals surface area contributed by atoms with Crippen molar-refractivity contribution in [3.63, 3.8) is 0 Å². The summed E-state index contributed by atoms with van der Waals surface area (Å²) < 4.78 is 5.26. The summed E-state index contributed by atoms with van der Waals surface area (Å²) in [6.07, 6.45) is 10.9. The Balaban J connectivity index is 0.000000169. The Hall–Kier alpha value is -18.4. The molecule has 7 aliphatic rings. The van der Waals surface area contributed by atoms with Crippen LogP contribution in [-0.2, 0) is 39.6 Å². The van der Waals surface area contributed by atoms with Gasteiger partial charge in [0.2, 0.25) is 0 Å². The van der Waals surface area contributed by atoms with Gasteiger partial charge in [0.1, 0.15) is 7.92 Å². The SMILES string of the molecule is COC(=O)CCCC1(c2ccccc2)C23C=C4Cc5cc6cc7c8c9c(cc%10cc%11c%12c(c%13c%14c%15c(c4c5c4c6c8c(c%154)c4c9c%10c%12c%144)C%1321)C(=C3)C%11)C7.[B]C#CC#CC#CC#CC#CC#CC#CC#CC#CC#CP(C#CC#CC#CC#CC#CC#CC#CC#CC#CC#CC)C#CC#CC#CC#CC#CC#CC#CC#CC#CC#CC. The molecule has 0 aliphatic heterocycles. The highest BCUT2D eigenvalue weighted by Gasteiger charge is 2.90. The lowest BCUT2D eigenvalue weighted by Crippen LogP contribution is -2.26. The maximum Gasteiger partial charge on any atom is 0.305 e. The highest BCUT2D eigenvalue weighted by Crippen LogP contribution is 2.92. The minimum Gasteiger partial charge on any atom is -0.469 e. The molecule has 117 heavy (non-hydrogen) atoms. The van der Waals surface area contributed by atoms with Gasteiger partial charge in [-0.2, -0.15) is 5.82 Å². The standard InChI is InChI=1S/C62H6BP.C51H26O2/c1-3-5-7-9-11-13-15-17-19-21-24-28-32-36-40-44-48-52-56-60-64(61-57-53-49-45-41-37-33-29-25-22-20-18-16-14-12-10-8-6-4-2)62-58-54-50-46-42-38-34-30-26-23-27-31-35-39-43-47-51-55-59-63;1-53-28(52)8-5-9-50(27-6-3-2-4-7-27)49-17-25-15-23-13-21-11-19-10-20-12-22-14-24-16-26(18-49)36-32(24)40-34(22)38-30(20)29(19)37-33(21)39-31(23)35(25)47-45-43(39)41(37)42(38)44(40)46(45)48(36)51(47,49)50/h1-2H3;2-4,6-7,11-14,17-18H,5,8-10,15-16H2,1H3. The molecule has 504 valence electrons. The number of ether oxygens (including phenoxy) is 1. The molecular formula is C113H32BO2P. The summed E-state index contributed by atoms with van der Waals surface area (Å²) in [5, 5.41) is 28.2. The second-order valence-corrected chi connectivity index (χ2v) is 27.7. The average Bonchev–Trinajstić information content (AvgIpc) is 1.39. The van der Waals surface area contributed by atoms with Crippen molar-refractivity contribution >= 4 is 130 Å². The lowest BCUT2D eigenvalue weighted by Gasteiger charge is -2.32. The monoisotopic (exact) mass is 1460 g/mol. The highest BCUT2D eigenvalue weighted by molar-refractivity contribution is 7.72. The van der Waals surface area contributed by atoms with Crippen LogP contribution in [0.2, 0.25) is 0 Å². The van der Waals surface area contributed by atoms with E-state index in [0.717, 1.165) is 32.1 Å². The second-order valence-electron chi connectivity index (χ2n) is 26.3. The molecule has 0 aromatic heterocycles. The highest BCUT2D eigenvalue weighted by atomic mass is 31.1. The van der Waals surface area contributed by atoms with E-state index in [1.54, 1.807) is 156 Å². The van der Waals surface area contributed by atoms with Gasteiger partial charge in [-0.05, 0) is 505 Å². The van der Waals surface area contributed by atoms with Crippen LogP contribution in [0.1, 0.15) is 83.2 Å². The van der Waals surface area contributed by atoms with Crippen molar-refractivity contribution in [1.29, 1.82) is 0 Å². The van der Waals surface area contributed by atoms with Gasteiger partial charge in [-0.1, -0.05) is 78.6 Å². The number of esters is 1. The van der Waals surface area contributed by atoms with Crippen LogP contribution >= 0.6 is 7.92 Å². The average molecular weight is 1460 g/mol. The summed E-state index contributed by atoms with van der Waals surface area (Å²) in [6.45, 7) is 3.36. The van der Waals surface area contributed by atoms with Crippen LogP contribution in [-0.4, -0.2) is 20.9 Å². The molecule has 2 radical (unpaired) electrons. The van der Waals surface area contributed by atoms with Crippen molar-refractivity contribution < 1.29 is 9.53 Å². The van der Waals surface area contributed by atoms with Crippen LogP contribution < -0.4 is 0 Å². The smallest absolute Gasteiger partial charge is 0.305 e. The molecule has 0 saturated heterocycles. The molecule has 1 fully saturated rings. The molecular weight excluding hydrogens is 1430 g/mol. The lowest BCUT2D eigenvalue weighted by atomic mass is 9.69. The van der Waals surface area contributed by atoms with Crippen molar-refractivity contribution in [1.82, 2.24) is 0 Å². The van der Waals surface area contributed by atoms with E-state index < -0.39 is 7.92 Å². The number of carbonyl (C=O) groups is 1. The summed E-state index contributed by atoms with van der Waals surface area (Å²) in [5.74, 6) is 144. The Bertz CT molecular complexity index is 8250. The van der Waals surface area contributed by atoms with Gasteiger partial charge in [0.05, 0.1) is 7.11 Å². The summed E-state index contributed by atoms with van der Waals surface area (Å²) >= 11 is 0. The van der Waals surface area contributed by atoms with E-state index in [2.05, 4.69) is 421 Å². The van der Waals surface area contributed by atoms with E-state index in [-0.39, 0.29) is 22.2 Å². The third-order valence-electron chi connectivity index (χ3n) is 21.1. The van der Waals surface area contributed by atoms with Gasteiger partial charge in [-0.15, -0.1) is 0 Å². The molecule has 0 amide bonds. The Morgan fingerprint density at radius 2 is 0.641 bits per heavy atom. The molecule has 18 rings (SSSR count). The zero-order valence-corrected chi connectivity index (χ0v) is 62.8. The quantitative estimate of drug-likeness (QED) is 0.0564. The molecule has 1 saturated carbocycles. The third kappa shape index (κ3) is 11.8. The Labute approximate surface area is 681 Å². The largest absolute Gasteiger partial charge is 0.469 e. The van der Waals surface area contributed by atoms with Crippen molar-refractivity contribution in [2.24, 2.45) is 5.41 Å². The second kappa shape index (κ2) is 31.3. The fourth-order valence-electron chi connectivity index (χ4n) is 18.3. The minimum atomic E-state index is -1.50. The normalized spacial score (nSPS) is 14.1. The number of rotatable bonds is 5. The van der Waals surface area contributed by atoms with Gasteiger partial charge < -0.3 is 4.74 Å². The van der Waals surface area contributed by atoms with Crippen molar-refractivity contribution in [3.05, 3.63) is 117 Å². The van der Waals surface area contributed by atoms with Gasteiger partial charge in [-0.25, -0.2) is 0 Å². The number of hydrogen-bond donors (Lipinski definition) is 0. The summed E-state index contributed by atoms with van der Waals surface area (Å²) in [6, 6.07) is 22.0. The van der Waals surface area contributed by atoms with Gasteiger partial charge in [0.15, 0.2) is 7.85 Å². The fraction of sp³-hybridized carbons (Fsp3) is 0.106. The molecule has 11 aromatic rings. The molecule has 0 heterocycles. The molecule has 1 atom stereocenters. The maximum atomic E-state index is 12.8. The third-order valence-corrected chi connectivity index (χ3v) is 22.1.